The van der Waals surface area contributed by atoms with Crippen LogP contribution in [0.25, 0.3) is 5.70 Å². The molecule has 0 unspecified atom stereocenters. The minimum atomic E-state index is -0.915. The van der Waals surface area contributed by atoms with Crippen LogP contribution in [0.1, 0.15) is 27.7 Å². The van der Waals surface area contributed by atoms with Gasteiger partial charge in [0.05, 0.1) is 5.54 Å². The van der Waals surface area contributed by atoms with Crippen LogP contribution in [-0.2, 0) is 14.4 Å². The number of hydrazine groups is 1. The van der Waals surface area contributed by atoms with Crippen LogP contribution in [0.15, 0.2) is 36.4 Å². The van der Waals surface area contributed by atoms with E-state index in [1.165, 1.54) is 23.9 Å². The summed E-state index contributed by atoms with van der Waals surface area (Å²) in [5.41, 5.74) is -0.977. The van der Waals surface area contributed by atoms with Gasteiger partial charge in [0.2, 0.25) is 5.91 Å². The van der Waals surface area contributed by atoms with Crippen LogP contribution < -0.4 is 4.57 Å². The Morgan fingerprint density at radius 3 is 2.14 bits per heavy atom. The molecule has 0 spiro atoms. The zero-order valence-electron chi connectivity index (χ0n) is 12.9. The summed E-state index contributed by atoms with van der Waals surface area (Å²) in [7, 11) is 0. The maximum atomic E-state index is 12.6. The molecule has 0 saturated heterocycles. The van der Waals surface area contributed by atoms with Gasteiger partial charge in [0.25, 0.3) is 5.76 Å². The first-order chi connectivity index (χ1) is 10.2. The van der Waals surface area contributed by atoms with E-state index >= 15 is 0 Å². The van der Waals surface area contributed by atoms with Gasteiger partial charge in [0.15, 0.2) is 12.4 Å². The summed E-state index contributed by atoms with van der Waals surface area (Å²) in [4.78, 5) is 36.8. The summed E-state index contributed by atoms with van der Waals surface area (Å²) < 4.78 is 1.34. The molecule has 0 aliphatic carbocycles. The highest BCUT2D eigenvalue weighted by Crippen LogP contribution is 2.26. The zero-order valence-corrected chi connectivity index (χ0v) is 12.9. The third-order valence-electron chi connectivity index (χ3n) is 3.12. The Labute approximate surface area is 128 Å². The lowest BCUT2D eigenvalue weighted by Crippen LogP contribution is -2.58. The van der Waals surface area contributed by atoms with Crippen LogP contribution in [0.5, 0.6) is 0 Å². The van der Waals surface area contributed by atoms with E-state index in [4.69, 9.17) is 0 Å². The van der Waals surface area contributed by atoms with Crippen LogP contribution in [-0.4, -0.2) is 38.4 Å². The highest BCUT2D eigenvalue weighted by Gasteiger charge is 2.51. The number of nitrogens with zero attached hydrogens (tertiary/aromatic N) is 3. The van der Waals surface area contributed by atoms with Gasteiger partial charge in [-0.3, -0.25) is 14.4 Å². The van der Waals surface area contributed by atoms with E-state index in [0.717, 1.165) is 5.01 Å². The first-order valence-corrected chi connectivity index (χ1v) is 6.75. The maximum absolute atomic E-state index is 12.6. The van der Waals surface area contributed by atoms with Gasteiger partial charge < -0.3 is 5.11 Å². The highest BCUT2D eigenvalue weighted by molar-refractivity contribution is 6.29. The first kappa shape index (κ1) is 15.7. The van der Waals surface area contributed by atoms with Gasteiger partial charge in [-0.2, -0.15) is 9.58 Å². The molecule has 22 heavy (non-hydrogen) atoms. The average molecular weight is 304 g/mol. The van der Waals surface area contributed by atoms with Crippen LogP contribution in [0.4, 0.5) is 0 Å². The number of amides is 3. The number of pyridine rings is 1. The van der Waals surface area contributed by atoms with Gasteiger partial charge in [-0.05, 0) is 20.8 Å². The number of aliphatic hydroxyl groups is 1. The van der Waals surface area contributed by atoms with E-state index in [9.17, 15) is 19.5 Å². The molecule has 7 heteroatoms. The molecule has 0 aromatic carbocycles. The molecule has 0 radical (unpaired) electrons. The van der Waals surface area contributed by atoms with Crippen LogP contribution in [0.3, 0.4) is 0 Å². The van der Waals surface area contributed by atoms with Crippen molar-refractivity contribution >= 4 is 23.4 Å². The number of imide groups is 1. The van der Waals surface area contributed by atoms with Gasteiger partial charge in [-0.15, -0.1) is 0 Å². The molecule has 3 amide bonds. The quantitative estimate of drug-likeness (QED) is 0.642. The van der Waals surface area contributed by atoms with Gasteiger partial charge in [0, 0.05) is 19.1 Å². The Morgan fingerprint density at radius 1 is 1.14 bits per heavy atom. The fraction of sp³-hybridized carbons (Fsp3) is 0.333. The smallest absolute Gasteiger partial charge is 0.349 e. The molecule has 0 atom stereocenters. The molecule has 116 valence electrons. The van der Waals surface area contributed by atoms with Crippen molar-refractivity contribution in [3.05, 3.63) is 36.4 Å². The van der Waals surface area contributed by atoms with Crippen molar-refractivity contribution in [2.24, 2.45) is 0 Å². The predicted octanol–water partition coefficient (Wildman–Crippen LogP) is 0.631. The number of aromatic nitrogens is 1. The number of hydrogen-bond acceptors (Lipinski definition) is 4. The molecule has 1 aliphatic rings. The number of carbonyl (C=O) groups excluding carboxylic acids is 3. The van der Waals surface area contributed by atoms with Crippen molar-refractivity contribution in [2.45, 2.75) is 33.2 Å². The van der Waals surface area contributed by atoms with Crippen LogP contribution >= 0.6 is 0 Å². The molecule has 0 fully saturated rings. The standard InChI is InChI=1S/C15H17N3O4/c1-10(19)18(15(2,3)4)17-13(21)11(12(20)14(17)22)16-8-6-5-7-9-16/h5-9H,1-4H3/p+1. The van der Waals surface area contributed by atoms with Gasteiger partial charge in [-0.1, -0.05) is 6.07 Å². The van der Waals surface area contributed by atoms with Crippen molar-refractivity contribution in [1.29, 1.82) is 0 Å². The zero-order chi connectivity index (χ0) is 16.7. The Morgan fingerprint density at radius 2 is 1.68 bits per heavy atom. The Bertz CT molecular complexity index is 674. The number of carbonyl (C=O) groups is 3. The summed E-state index contributed by atoms with van der Waals surface area (Å²) in [6.07, 6.45) is 3.07. The van der Waals surface area contributed by atoms with E-state index in [-0.39, 0.29) is 5.70 Å². The van der Waals surface area contributed by atoms with Crippen molar-refractivity contribution < 1.29 is 24.1 Å². The SMILES string of the molecule is CC(=O)N(N1C(=O)C(O)=C([n+]2ccccc2)C1=O)C(C)(C)C. The maximum Gasteiger partial charge on any atom is 0.349 e. The Kier molecular flexibility index (Phi) is 3.74. The Balaban J connectivity index is 2.51. The topological polar surface area (TPSA) is 81.8 Å². The third-order valence-corrected chi connectivity index (χ3v) is 3.12. The van der Waals surface area contributed by atoms with Crippen LogP contribution in [0, 0.1) is 0 Å². The third kappa shape index (κ3) is 2.45. The van der Waals surface area contributed by atoms with E-state index in [1.807, 2.05) is 0 Å². The van der Waals surface area contributed by atoms with Crippen molar-refractivity contribution in [1.82, 2.24) is 10.0 Å². The monoisotopic (exact) mass is 304 g/mol. The molecule has 2 heterocycles. The van der Waals surface area contributed by atoms with Crippen LogP contribution in [0.2, 0.25) is 0 Å². The normalized spacial score (nSPS) is 15.5. The summed E-state index contributed by atoms with van der Waals surface area (Å²) in [6.45, 7) is 6.34. The first-order valence-electron chi connectivity index (χ1n) is 6.75. The summed E-state index contributed by atoms with van der Waals surface area (Å²) in [5, 5.41) is 11.8. The summed E-state index contributed by atoms with van der Waals surface area (Å²) in [6, 6.07) is 5.06. The number of rotatable bonds is 2. The fourth-order valence-electron chi connectivity index (χ4n) is 2.37. The second kappa shape index (κ2) is 5.25. The number of aliphatic hydroxyl groups excluding tert-OH is 1. The minimum absolute atomic E-state index is 0.180. The van der Waals surface area contributed by atoms with Gasteiger partial charge in [-0.25, -0.2) is 5.01 Å². The van der Waals surface area contributed by atoms with Gasteiger partial charge in [0.1, 0.15) is 0 Å². The second-order valence-corrected chi connectivity index (χ2v) is 5.90. The number of hydrogen-bond donors (Lipinski definition) is 1. The molecule has 2 rings (SSSR count). The lowest BCUT2D eigenvalue weighted by molar-refractivity contribution is -0.578. The molecule has 1 N–H and O–H groups in total. The van der Waals surface area contributed by atoms with Crippen molar-refractivity contribution in [2.75, 3.05) is 0 Å². The molecule has 0 bridgehead atoms. The molecular weight excluding hydrogens is 286 g/mol. The second-order valence-electron chi connectivity index (χ2n) is 5.90. The molecule has 0 saturated carbocycles. The largest absolute Gasteiger partial charge is 0.498 e. The molecule has 7 nitrogen and oxygen atoms in total. The minimum Gasteiger partial charge on any atom is -0.498 e. The lowest BCUT2D eigenvalue weighted by atomic mass is 10.1. The van der Waals surface area contributed by atoms with E-state index < -0.39 is 29.0 Å². The lowest BCUT2D eigenvalue weighted by Gasteiger charge is -2.38. The average Bonchev–Trinajstić information content (AvgIpc) is 2.62. The van der Waals surface area contributed by atoms with E-state index in [0.29, 0.717) is 5.01 Å². The van der Waals surface area contributed by atoms with E-state index in [1.54, 1.807) is 39.0 Å². The molecule has 1 aliphatic heterocycles. The molecular formula is C15H18N3O4+. The summed E-state index contributed by atoms with van der Waals surface area (Å²) in [5.74, 6) is -2.82. The fourth-order valence-corrected chi connectivity index (χ4v) is 2.37. The van der Waals surface area contributed by atoms with Crippen molar-refractivity contribution in [3.8, 4) is 0 Å². The Hall–Kier alpha value is -2.70. The predicted molar refractivity (Wildman–Crippen MR) is 76.6 cm³/mol. The summed E-state index contributed by atoms with van der Waals surface area (Å²) >= 11 is 0. The van der Waals surface area contributed by atoms with E-state index in [2.05, 4.69) is 0 Å². The molecule has 1 aromatic heterocycles. The van der Waals surface area contributed by atoms with Gasteiger partial charge >= 0.3 is 17.5 Å². The molecule has 1 aromatic rings. The van der Waals surface area contributed by atoms with Crippen molar-refractivity contribution in [3.63, 3.8) is 0 Å². The highest BCUT2D eigenvalue weighted by atomic mass is 16.3.